The SMILES string of the molecule is C[C@@H](NC1C(O)CCCC1(F)F)c1ccccc1. The van der Waals surface area contributed by atoms with Gasteiger partial charge in [0.15, 0.2) is 0 Å². The van der Waals surface area contributed by atoms with Crippen LogP contribution in [0, 0.1) is 0 Å². The van der Waals surface area contributed by atoms with Crippen molar-refractivity contribution < 1.29 is 13.9 Å². The Hall–Kier alpha value is -1.00. The number of aliphatic hydroxyl groups excluding tert-OH is 1. The summed E-state index contributed by atoms with van der Waals surface area (Å²) in [5, 5.41) is 12.6. The molecular formula is C14H19F2NO. The van der Waals surface area contributed by atoms with Gasteiger partial charge in [0.1, 0.15) is 0 Å². The molecule has 0 spiro atoms. The van der Waals surface area contributed by atoms with Crippen molar-refractivity contribution in [1.29, 1.82) is 0 Å². The summed E-state index contributed by atoms with van der Waals surface area (Å²) in [7, 11) is 0. The minimum absolute atomic E-state index is 0.150. The minimum atomic E-state index is -2.83. The average molecular weight is 255 g/mol. The standard InChI is InChI=1S/C14H19F2NO/c1-10(11-6-3-2-4-7-11)17-13-12(18)8-5-9-14(13,15)16/h2-4,6-7,10,12-13,17-18H,5,8-9H2,1H3/t10-,12?,13?/m1/s1. The highest BCUT2D eigenvalue weighted by molar-refractivity contribution is 5.18. The zero-order chi connectivity index (χ0) is 13.2. The molecule has 0 radical (unpaired) electrons. The quantitative estimate of drug-likeness (QED) is 0.870. The second-order valence-electron chi connectivity index (χ2n) is 5.00. The first-order valence-corrected chi connectivity index (χ1v) is 6.37. The van der Waals surface area contributed by atoms with Gasteiger partial charge in [-0.3, -0.25) is 5.32 Å². The van der Waals surface area contributed by atoms with E-state index in [2.05, 4.69) is 5.32 Å². The molecule has 2 unspecified atom stereocenters. The van der Waals surface area contributed by atoms with E-state index in [0.29, 0.717) is 12.8 Å². The maximum absolute atomic E-state index is 13.8. The van der Waals surface area contributed by atoms with Gasteiger partial charge in [-0.1, -0.05) is 30.3 Å². The van der Waals surface area contributed by atoms with Crippen LogP contribution >= 0.6 is 0 Å². The van der Waals surface area contributed by atoms with E-state index in [1.54, 1.807) is 0 Å². The monoisotopic (exact) mass is 255 g/mol. The van der Waals surface area contributed by atoms with E-state index in [0.717, 1.165) is 5.56 Å². The van der Waals surface area contributed by atoms with Crippen LogP contribution in [0.1, 0.15) is 37.8 Å². The molecule has 1 saturated carbocycles. The highest BCUT2D eigenvalue weighted by atomic mass is 19.3. The van der Waals surface area contributed by atoms with Gasteiger partial charge in [-0.05, 0) is 25.3 Å². The third-order valence-electron chi connectivity index (χ3n) is 3.58. The molecule has 0 amide bonds. The van der Waals surface area contributed by atoms with E-state index in [1.807, 2.05) is 37.3 Å². The lowest BCUT2D eigenvalue weighted by Gasteiger charge is -2.37. The van der Waals surface area contributed by atoms with Crippen LogP contribution in [0.2, 0.25) is 0 Å². The highest BCUT2D eigenvalue weighted by Crippen LogP contribution is 2.35. The zero-order valence-corrected chi connectivity index (χ0v) is 10.4. The number of hydrogen-bond donors (Lipinski definition) is 2. The molecule has 1 aliphatic rings. The van der Waals surface area contributed by atoms with Crippen LogP contribution < -0.4 is 5.32 Å². The molecule has 1 aromatic carbocycles. The van der Waals surface area contributed by atoms with Crippen LogP contribution in [-0.2, 0) is 0 Å². The zero-order valence-electron chi connectivity index (χ0n) is 10.4. The largest absolute Gasteiger partial charge is 0.391 e. The third kappa shape index (κ3) is 2.87. The molecule has 1 fully saturated rings. The molecule has 0 aromatic heterocycles. The summed E-state index contributed by atoms with van der Waals surface area (Å²) in [4.78, 5) is 0. The van der Waals surface area contributed by atoms with Crippen molar-refractivity contribution in [2.24, 2.45) is 0 Å². The third-order valence-corrected chi connectivity index (χ3v) is 3.58. The van der Waals surface area contributed by atoms with Gasteiger partial charge in [0.05, 0.1) is 12.1 Å². The first kappa shape index (κ1) is 13.4. The first-order valence-electron chi connectivity index (χ1n) is 6.37. The normalized spacial score (nSPS) is 28.9. The summed E-state index contributed by atoms with van der Waals surface area (Å²) in [6, 6.07) is 8.08. The predicted molar refractivity (Wildman–Crippen MR) is 66.6 cm³/mol. The summed E-state index contributed by atoms with van der Waals surface area (Å²) in [6.45, 7) is 1.84. The molecule has 3 atom stereocenters. The molecule has 0 saturated heterocycles. The van der Waals surface area contributed by atoms with Gasteiger partial charge in [0.25, 0.3) is 5.92 Å². The second kappa shape index (κ2) is 5.33. The fraction of sp³-hybridized carbons (Fsp3) is 0.571. The summed E-state index contributed by atoms with van der Waals surface area (Å²) < 4.78 is 27.5. The molecule has 2 N–H and O–H groups in total. The number of alkyl halides is 2. The summed E-state index contributed by atoms with van der Waals surface area (Å²) >= 11 is 0. The molecule has 4 heteroatoms. The van der Waals surface area contributed by atoms with E-state index >= 15 is 0 Å². The van der Waals surface area contributed by atoms with E-state index in [9.17, 15) is 13.9 Å². The average Bonchev–Trinajstić information content (AvgIpc) is 2.34. The maximum Gasteiger partial charge on any atom is 0.265 e. The molecule has 0 bridgehead atoms. The van der Waals surface area contributed by atoms with Gasteiger partial charge in [0, 0.05) is 12.5 Å². The molecule has 0 heterocycles. The van der Waals surface area contributed by atoms with Crippen LogP contribution in [0.25, 0.3) is 0 Å². The molecule has 100 valence electrons. The van der Waals surface area contributed by atoms with E-state index in [-0.39, 0.29) is 12.5 Å². The Bertz CT molecular complexity index is 383. The molecule has 0 aliphatic heterocycles. The van der Waals surface area contributed by atoms with Gasteiger partial charge in [-0.25, -0.2) is 8.78 Å². The molecule has 2 nitrogen and oxygen atoms in total. The van der Waals surface area contributed by atoms with Gasteiger partial charge in [-0.2, -0.15) is 0 Å². The van der Waals surface area contributed by atoms with Crippen molar-refractivity contribution in [2.45, 2.75) is 50.3 Å². The van der Waals surface area contributed by atoms with Gasteiger partial charge in [0.2, 0.25) is 0 Å². The van der Waals surface area contributed by atoms with E-state index in [4.69, 9.17) is 0 Å². The molecule has 2 rings (SSSR count). The van der Waals surface area contributed by atoms with Gasteiger partial charge in [-0.15, -0.1) is 0 Å². The Morgan fingerprint density at radius 2 is 2.00 bits per heavy atom. The predicted octanol–water partition coefficient (Wildman–Crippen LogP) is 2.89. The van der Waals surface area contributed by atoms with Gasteiger partial charge < -0.3 is 5.11 Å². The Balaban J connectivity index is 2.07. The fourth-order valence-corrected chi connectivity index (χ4v) is 2.49. The molecule has 1 aliphatic carbocycles. The Labute approximate surface area is 106 Å². The summed E-state index contributed by atoms with van der Waals surface area (Å²) in [5.41, 5.74) is 0.950. The number of rotatable bonds is 3. The van der Waals surface area contributed by atoms with Crippen LogP contribution in [0.3, 0.4) is 0 Å². The van der Waals surface area contributed by atoms with Crippen molar-refractivity contribution in [1.82, 2.24) is 5.32 Å². The van der Waals surface area contributed by atoms with Crippen LogP contribution in [-0.4, -0.2) is 23.2 Å². The maximum atomic E-state index is 13.8. The lowest BCUT2D eigenvalue weighted by Crippen LogP contribution is -2.55. The summed E-state index contributed by atoms with van der Waals surface area (Å²) in [6.07, 6.45) is -0.302. The van der Waals surface area contributed by atoms with Crippen LogP contribution in [0.15, 0.2) is 30.3 Å². The fourth-order valence-electron chi connectivity index (χ4n) is 2.49. The Morgan fingerprint density at radius 3 is 2.61 bits per heavy atom. The number of halogens is 2. The second-order valence-corrected chi connectivity index (χ2v) is 5.00. The topological polar surface area (TPSA) is 32.3 Å². The molecular weight excluding hydrogens is 236 g/mol. The number of hydrogen-bond acceptors (Lipinski definition) is 2. The van der Waals surface area contributed by atoms with Crippen molar-refractivity contribution in [3.05, 3.63) is 35.9 Å². The van der Waals surface area contributed by atoms with Crippen molar-refractivity contribution in [3.8, 4) is 0 Å². The summed E-state index contributed by atoms with van der Waals surface area (Å²) in [5.74, 6) is -2.83. The number of nitrogens with one attached hydrogen (secondary N) is 1. The van der Waals surface area contributed by atoms with E-state index < -0.39 is 18.1 Å². The minimum Gasteiger partial charge on any atom is -0.391 e. The van der Waals surface area contributed by atoms with E-state index in [1.165, 1.54) is 0 Å². The van der Waals surface area contributed by atoms with Crippen molar-refractivity contribution >= 4 is 0 Å². The molecule has 1 aromatic rings. The van der Waals surface area contributed by atoms with Crippen LogP contribution in [0.5, 0.6) is 0 Å². The van der Waals surface area contributed by atoms with Gasteiger partial charge >= 0.3 is 0 Å². The highest BCUT2D eigenvalue weighted by Gasteiger charge is 2.46. The first-order chi connectivity index (χ1) is 8.50. The van der Waals surface area contributed by atoms with Crippen LogP contribution in [0.4, 0.5) is 8.78 Å². The van der Waals surface area contributed by atoms with Crippen molar-refractivity contribution in [2.75, 3.05) is 0 Å². The number of aliphatic hydroxyl groups is 1. The molecule has 18 heavy (non-hydrogen) atoms. The smallest absolute Gasteiger partial charge is 0.265 e. The lowest BCUT2D eigenvalue weighted by molar-refractivity contribution is -0.111. The Morgan fingerprint density at radius 1 is 1.33 bits per heavy atom. The Kier molecular flexibility index (Phi) is 3.97. The van der Waals surface area contributed by atoms with Crippen molar-refractivity contribution in [3.63, 3.8) is 0 Å². The lowest BCUT2D eigenvalue weighted by atomic mass is 9.88. The number of benzene rings is 1.